The highest BCUT2D eigenvalue weighted by molar-refractivity contribution is 6.13. The van der Waals surface area contributed by atoms with Gasteiger partial charge in [-0.1, -0.05) is 6.07 Å². The smallest absolute Gasteiger partial charge is 0.328 e. The van der Waals surface area contributed by atoms with E-state index in [-0.39, 0.29) is 5.91 Å². The molecule has 1 aromatic carbocycles. The van der Waals surface area contributed by atoms with Crippen molar-refractivity contribution in [2.75, 3.05) is 17.2 Å². The average molecular weight is 221 g/mol. The summed E-state index contributed by atoms with van der Waals surface area (Å²) in [5, 5.41) is 2.57. The summed E-state index contributed by atoms with van der Waals surface area (Å²) in [6.07, 6.45) is 0. The Kier molecular flexibility index (Phi) is 3.88. The van der Waals surface area contributed by atoms with Crippen LogP contribution in [0, 0.1) is 0 Å². The lowest BCUT2D eigenvalue weighted by Crippen LogP contribution is -2.42. The van der Waals surface area contributed by atoms with Crippen LogP contribution in [0.3, 0.4) is 0 Å². The molecule has 16 heavy (non-hydrogen) atoms. The molecule has 0 aliphatic rings. The largest absolute Gasteiger partial charge is 0.399 e. The quantitative estimate of drug-likeness (QED) is 0.740. The van der Waals surface area contributed by atoms with Crippen molar-refractivity contribution in [3.8, 4) is 0 Å². The fourth-order valence-electron chi connectivity index (χ4n) is 1.34. The van der Waals surface area contributed by atoms with Gasteiger partial charge < -0.3 is 11.1 Å². The Labute approximate surface area is 94.2 Å². The summed E-state index contributed by atoms with van der Waals surface area (Å²) in [5.74, 6) is -0.350. The van der Waals surface area contributed by atoms with Gasteiger partial charge >= 0.3 is 6.03 Å². The SMILES string of the molecule is CCNC(=O)N(C(C)=O)c1cccc(N)c1. The standard InChI is InChI=1S/C11H15N3O2/c1-3-13-11(16)14(8(2)15)10-6-4-5-9(12)7-10/h4-7H,3,12H2,1-2H3,(H,13,16). The maximum Gasteiger partial charge on any atom is 0.328 e. The zero-order valence-corrected chi connectivity index (χ0v) is 9.36. The van der Waals surface area contributed by atoms with Crippen LogP contribution in [0.15, 0.2) is 24.3 Å². The van der Waals surface area contributed by atoms with Crippen molar-refractivity contribution in [2.45, 2.75) is 13.8 Å². The first-order valence-electron chi connectivity index (χ1n) is 5.00. The number of amides is 3. The van der Waals surface area contributed by atoms with Crippen molar-refractivity contribution in [2.24, 2.45) is 0 Å². The number of carbonyl (C=O) groups excluding carboxylic acids is 2. The lowest BCUT2D eigenvalue weighted by Gasteiger charge is -2.19. The maximum absolute atomic E-state index is 11.6. The first-order valence-corrected chi connectivity index (χ1v) is 5.00. The minimum absolute atomic E-state index is 0.350. The molecule has 0 heterocycles. The van der Waals surface area contributed by atoms with Gasteiger partial charge in [0.05, 0.1) is 5.69 Å². The Hall–Kier alpha value is -2.04. The molecule has 0 aromatic heterocycles. The first-order chi connectivity index (χ1) is 7.56. The van der Waals surface area contributed by atoms with Crippen LogP contribution < -0.4 is 16.0 Å². The minimum atomic E-state index is -0.444. The molecule has 0 saturated heterocycles. The molecule has 0 radical (unpaired) electrons. The zero-order chi connectivity index (χ0) is 12.1. The van der Waals surface area contributed by atoms with Gasteiger partial charge in [-0.2, -0.15) is 0 Å². The number of urea groups is 1. The van der Waals surface area contributed by atoms with E-state index in [1.165, 1.54) is 6.92 Å². The second-order valence-corrected chi connectivity index (χ2v) is 3.28. The van der Waals surface area contributed by atoms with Crippen molar-refractivity contribution in [3.05, 3.63) is 24.3 Å². The van der Waals surface area contributed by atoms with Crippen LogP contribution >= 0.6 is 0 Å². The third-order valence-electron chi connectivity index (χ3n) is 1.97. The third kappa shape index (κ3) is 2.73. The van der Waals surface area contributed by atoms with E-state index >= 15 is 0 Å². The summed E-state index contributed by atoms with van der Waals surface area (Å²) in [5.41, 5.74) is 6.58. The average Bonchev–Trinajstić information content (AvgIpc) is 2.17. The van der Waals surface area contributed by atoms with E-state index in [1.807, 2.05) is 0 Å². The molecule has 0 fully saturated rings. The van der Waals surface area contributed by atoms with Crippen molar-refractivity contribution >= 4 is 23.3 Å². The molecule has 0 atom stereocenters. The van der Waals surface area contributed by atoms with Crippen LogP contribution in [-0.2, 0) is 4.79 Å². The molecule has 3 amide bonds. The maximum atomic E-state index is 11.6. The number of imide groups is 1. The number of carbonyl (C=O) groups is 2. The van der Waals surface area contributed by atoms with E-state index < -0.39 is 6.03 Å². The highest BCUT2D eigenvalue weighted by Crippen LogP contribution is 2.17. The van der Waals surface area contributed by atoms with E-state index in [2.05, 4.69) is 5.32 Å². The fraction of sp³-hybridized carbons (Fsp3) is 0.273. The van der Waals surface area contributed by atoms with Gasteiger partial charge in [0.2, 0.25) is 5.91 Å². The van der Waals surface area contributed by atoms with E-state index in [0.29, 0.717) is 17.9 Å². The lowest BCUT2D eigenvalue weighted by molar-refractivity contribution is -0.115. The van der Waals surface area contributed by atoms with Gasteiger partial charge in [-0.25, -0.2) is 9.69 Å². The van der Waals surface area contributed by atoms with Gasteiger partial charge in [0, 0.05) is 19.2 Å². The summed E-state index contributed by atoms with van der Waals surface area (Å²) >= 11 is 0. The molecule has 0 saturated carbocycles. The Balaban J connectivity index is 3.03. The summed E-state index contributed by atoms with van der Waals surface area (Å²) in [6, 6.07) is 6.18. The molecular formula is C11H15N3O2. The number of nitrogens with zero attached hydrogens (tertiary/aromatic N) is 1. The molecule has 0 spiro atoms. The van der Waals surface area contributed by atoms with Crippen molar-refractivity contribution in [3.63, 3.8) is 0 Å². The first kappa shape index (κ1) is 12.0. The summed E-state index contributed by atoms with van der Waals surface area (Å²) in [7, 11) is 0. The Bertz CT molecular complexity index is 404. The molecule has 1 aromatic rings. The van der Waals surface area contributed by atoms with Gasteiger partial charge in [-0.05, 0) is 25.1 Å². The predicted octanol–water partition coefficient (Wildman–Crippen LogP) is 1.35. The minimum Gasteiger partial charge on any atom is -0.399 e. The molecule has 0 aliphatic heterocycles. The normalized spacial score (nSPS) is 9.62. The second kappa shape index (κ2) is 5.16. The number of nitrogens with two attached hydrogens (primary N) is 1. The van der Waals surface area contributed by atoms with Crippen LogP contribution in [0.25, 0.3) is 0 Å². The monoisotopic (exact) mass is 221 g/mol. The van der Waals surface area contributed by atoms with E-state index in [9.17, 15) is 9.59 Å². The molecule has 5 nitrogen and oxygen atoms in total. The highest BCUT2D eigenvalue weighted by atomic mass is 16.2. The van der Waals surface area contributed by atoms with Crippen LogP contribution in [0.1, 0.15) is 13.8 Å². The van der Waals surface area contributed by atoms with Crippen LogP contribution in [0.5, 0.6) is 0 Å². The van der Waals surface area contributed by atoms with Gasteiger partial charge in [-0.15, -0.1) is 0 Å². The van der Waals surface area contributed by atoms with Gasteiger partial charge in [-0.3, -0.25) is 4.79 Å². The van der Waals surface area contributed by atoms with E-state index in [0.717, 1.165) is 4.90 Å². The summed E-state index contributed by atoms with van der Waals surface area (Å²) in [4.78, 5) is 24.1. The number of hydrogen-bond donors (Lipinski definition) is 2. The van der Waals surface area contributed by atoms with Gasteiger partial charge in [0.1, 0.15) is 0 Å². The van der Waals surface area contributed by atoms with Crippen LogP contribution in [0.2, 0.25) is 0 Å². The molecule has 1 rings (SSSR count). The third-order valence-corrected chi connectivity index (χ3v) is 1.97. The van der Waals surface area contributed by atoms with Crippen LogP contribution in [0.4, 0.5) is 16.2 Å². The Morgan fingerprint density at radius 1 is 1.44 bits per heavy atom. The molecule has 0 unspecified atom stereocenters. The summed E-state index contributed by atoms with van der Waals surface area (Å²) in [6.45, 7) is 3.58. The van der Waals surface area contributed by atoms with Crippen molar-refractivity contribution in [1.29, 1.82) is 0 Å². The lowest BCUT2D eigenvalue weighted by atomic mass is 10.2. The molecule has 86 valence electrons. The van der Waals surface area contributed by atoms with Crippen molar-refractivity contribution < 1.29 is 9.59 Å². The number of benzene rings is 1. The zero-order valence-electron chi connectivity index (χ0n) is 9.36. The number of rotatable bonds is 2. The highest BCUT2D eigenvalue weighted by Gasteiger charge is 2.19. The number of anilines is 2. The fourth-order valence-corrected chi connectivity index (χ4v) is 1.34. The number of nitrogen functional groups attached to an aromatic ring is 1. The summed E-state index contributed by atoms with van der Waals surface area (Å²) < 4.78 is 0. The van der Waals surface area contributed by atoms with Gasteiger partial charge in [0.25, 0.3) is 0 Å². The second-order valence-electron chi connectivity index (χ2n) is 3.28. The van der Waals surface area contributed by atoms with Gasteiger partial charge in [0.15, 0.2) is 0 Å². The van der Waals surface area contributed by atoms with Crippen LogP contribution in [-0.4, -0.2) is 18.5 Å². The van der Waals surface area contributed by atoms with E-state index in [4.69, 9.17) is 5.73 Å². The molecule has 3 N–H and O–H groups in total. The number of hydrogen-bond acceptors (Lipinski definition) is 3. The molecule has 0 aliphatic carbocycles. The Morgan fingerprint density at radius 3 is 2.62 bits per heavy atom. The molecule has 0 bridgehead atoms. The van der Waals surface area contributed by atoms with E-state index in [1.54, 1.807) is 31.2 Å². The molecule has 5 heteroatoms. The molecular weight excluding hydrogens is 206 g/mol. The predicted molar refractivity (Wildman–Crippen MR) is 63.1 cm³/mol. The Morgan fingerprint density at radius 2 is 2.12 bits per heavy atom. The van der Waals surface area contributed by atoms with Crippen molar-refractivity contribution in [1.82, 2.24) is 5.32 Å². The topological polar surface area (TPSA) is 75.4 Å². The number of nitrogens with one attached hydrogen (secondary N) is 1.